The third-order valence-electron chi connectivity index (χ3n) is 4.96. The van der Waals surface area contributed by atoms with Crippen LogP contribution in [0, 0.1) is 0 Å². The predicted octanol–water partition coefficient (Wildman–Crippen LogP) is 3.64. The highest BCUT2D eigenvalue weighted by molar-refractivity contribution is 5.86. The summed E-state index contributed by atoms with van der Waals surface area (Å²) in [4.78, 5) is 11.4. The van der Waals surface area contributed by atoms with Crippen molar-refractivity contribution in [3.05, 3.63) is 35.5 Å². The SMILES string of the molecule is CCC1(CC(=O)O)CCCc2c1n(C)c1ccccc21. The number of rotatable bonds is 3. The average Bonchev–Trinajstić information content (AvgIpc) is 2.74. The maximum Gasteiger partial charge on any atom is 0.304 e. The molecule has 2 aromatic rings. The zero-order valence-corrected chi connectivity index (χ0v) is 12.1. The largest absolute Gasteiger partial charge is 0.481 e. The molecule has 0 fully saturated rings. The van der Waals surface area contributed by atoms with Crippen molar-refractivity contribution in [3.63, 3.8) is 0 Å². The normalized spacial score (nSPS) is 21.9. The fourth-order valence-corrected chi connectivity index (χ4v) is 4.05. The number of carboxylic acids is 1. The molecular weight excluding hydrogens is 250 g/mol. The molecule has 1 unspecified atom stereocenters. The predicted molar refractivity (Wildman–Crippen MR) is 80.1 cm³/mol. The topological polar surface area (TPSA) is 42.2 Å². The van der Waals surface area contributed by atoms with Gasteiger partial charge in [-0.05, 0) is 37.3 Å². The molecule has 1 N–H and O–H groups in total. The number of para-hydroxylation sites is 1. The van der Waals surface area contributed by atoms with Gasteiger partial charge in [0, 0.05) is 29.1 Å². The highest BCUT2D eigenvalue weighted by Crippen LogP contribution is 2.45. The lowest BCUT2D eigenvalue weighted by Gasteiger charge is -2.37. The zero-order valence-electron chi connectivity index (χ0n) is 12.1. The number of aryl methyl sites for hydroxylation is 2. The number of fused-ring (bicyclic) bond motifs is 3. The molecule has 20 heavy (non-hydrogen) atoms. The minimum atomic E-state index is -0.690. The van der Waals surface area contributed by atoms with E-state index in [4.69, 9.17) is 0 Å². The molecule has 0 saturated heterocycles. The first-order valence-electron chi connectivity index (χ1n) is 7.37. The van der Waals surface area contributed by atoms with Crippen molar-refractivity contribution in [1.29, 1.82) is 0 Å². The molecule has 1 heterocycles. The molecule has 0 saturated carbocycles. The molecule has 0 aliphatic heterocycles. The molecule has 1 aromatic heterocycles. The van der Waals surface area contributed by atoms with Crippen LogP contribution >= 0.6 is 0 Å². The van der Waals surface area contributed by atoms with Gasteiger partial charge >= 0.3 is 5.97 Å². The van der Waals surface area contributed by atoms with Crippen molar-refractivity contribution < 1.29 is 9.90 Å². The van der Waals surface area contributed by atoms with Crippen LogP contribution < -0.4 is 0 Å². The standard InChI is InChI=1S/C17H21NO2/c1-3-17(11-15(19)20)10-6-8-13-12-7-4-5-9-14(12)18(2)16(13)17/h4-5,7,9H,3,6,8,10-11H2,1-2H3,(H,19,20). The van der Waals surface area contributed by atoms with Crippen molar-refractivity contribution in [1.82, 2.24) is 4.57 Å². The van der Waals surface area contributed by atoms with Gasteiger partial charge in [-0.15, -0.1) is 0 Å². The summed E-state index contributed by atoms with van der Waals surface area (Å²) in [6.45, 7) is 2.12. The van der Waals surface area contributed by atoms with Crippen molar-refractivity contribution >= 4 is 16.9 Å². The fraction of sp³-hybridized carbons (Fsp3) is 0.471. The van der Waals surface area contributed by atoms with Gasteiger partial charge in [0.2, 0.25) is 0 Å². The molecule has 1 atom stereocenters. The van der Waals surface area contributed by atoms with E-state index < -0.39 is 5.97 Å². The molecule has 1 aliphatic rings. The Morgan fingerprint density at radius 1 is 1.40 bits per heavy atom. The summed E-state index contributed by atoms with van der Waals surface area (Å²) in [6, 6.07) is 8.43. The molecule has 3 heteroatoms. The minimum Gasteiger partial charge on any atom is -0.481 e. The van der Waals surface area contributed by atoms with Gasteiger partial charge in [-0.3, -0.25) is 4.79 Å². The Labute approximate surface area is 119 Å². The van der Waals surface area contributed by atoms with Crippen LogP contribution in [0.4, 0.5) is 0 Å². The maximum absolute atomic E-state index is 11.4. The van der Waals surface area contributed by atoms with E-state index in [1.165, 1.54) is 22.2 Å². The lowest BCUT2D eigenvalue weighted by atomic mass is 9.69. The molecule has 0 amide bonds. The third kappa shape index (κ3) is 1.76. The number of aromatic nitrogens is 1. The Bertz CT molecular complexity index is 671. The van der Waals surface area contributed by atoms with E-state index in [1.54, 1.807) is 0 Å². The number of nitrogens with zero attached hydrogens (tertiary/aromatic N) is 1. The monoisotopic (exact) mass is 271 g/mol. The summed E-state index contributed by atoms with van der Waals surface area (Å²) in [5, 5.41) is 10.6. The summed E-state index contributed by atoms with van der Waals surface area (Å²) in [6.07, 6.45) is 4.25. The van der Waals surface area contributed by atoms with Crippen LogP contribution in [0.25, 0.3) is 10.9 Å². The van der Waals surface area contributed by atoms with Crippen LogP contribution in [-0.2, 0) is 23.7 Å². The van der Waals surface area contributed by atoms with Gasteiger partial charge < -0.3 is 9.67 Å². The van der Waals surface area contributed by atoms with Gasteiger partial charge in [0.05, 0.1) is 6.42 Å². The summed E-state index contributed by atoms with van der Waals surface area (Å²) in [5.41, 5.74) is 3.66. The summed E-state index contributed by atoms with van der Waals surface area (Å²) in [5.74, 6) is -0.690. The zero-order chi connectivity index (χ0) is 14.3. The van der Waals surface area contributed by atoms with E-state index in [2.05, 4.69) is 42.8 Å². The Balaban J connectivity index is 2.29. The van der Waals surface area contributed by atoms with Gasteiger partial charge in [-0.25, -0.2) is 0 Å². The molecular formula is C17H21NO2. The van der Waals surface area contributed by atoms with Gasteiger partial charge in [0.15, 0.2) is 0 Å². The number of aliphatic carboxylic acids is 1. The van der Waals surface area contributed by atoms with Gasteiger partial charge in [0.1, 0.15) is 0 Å². The van der Waals surface area contributed by atoms with E-state index in [0.29, 0.717) is 0 Å². The third-order valence-corrected chi connectivity index (χ3v) is 4.96. The number of benzene rings is 1. The van der Waals surface area contributed by atoms with Crippen molar-refractivity contribution in [2.75, 3.05) is 0 Å². The van der Waals surface area contributed by atoms with Crippen molar-refractivity contribution in [3.8, 4) is 0 Å². The second-order valence-electron chi connectivity index (χ2n) is 5.96. The molecule has 0 bridgehead atoms. The summed E-state index contributed by atoms with van der Waals surface area (Å²) >= 11 is 0. The summed E-state index contributed by atoms with van der Waals surface area (Å²) < 4.78 is 2.23. The molecule has 3 rings (SSSR count). The number of carboxylic acid groups (broad SMARTS) is 1. The van der Waals surface area contributed by atoms with E-state index in [1.807, 2.05) is 0 Å². The minimum absolute atomic E-state index is 0.201. The highest BCUT2D eigenvalue weighted by atomic mass is 16.4. The molecule has 0 spiro atoms. The molecule has 1 aliphatic carbocycles. The van der Waals surface area contributed by atoms with Crippen LogP contribution in [0.15, 0.2) is 24.3 Å². The second-order valence-corrected chi connectivity index (χ2v) is 5.96. The lowest BCUT2D eigenvalue weighted by molar-refractivity contribution is -0.138. The highest BCUT2D eigenvalue weighted by Gasteiger charge is 2.40. The first-order valence-corrected chi connectivity index (χ1v) is 7.37. The van der Waals surface area contributed by atoms with Crippen LogP contribution in [-0.4, -0.2) is 15.6 Å². The van der Waals surface area contributed by atoms with Crippen LogP contribution in [0.1, 0.15) is 43.9 Å². The first-order chi connectivity index (χ1) is 9.59. The van der Waals surface area contributed by atoms with Crippen molar-refractivity contribution in [2.24, 2.45) is 7.05 Å². The van der Waals surface area contributed by atoms with E-state index in [-0.39, 0.29) is 11.8 Å². The van der Waals surface area contributed by atoms with E-state index in [9.17, 15) is 9.90 Å². The van der Waals surface area contributed by atoms with Crippen molar-refractivity contribution in [2.45, 2.75) is 44.4 Å². The second kappa shape index (κ2) is 4.65. The Morgan fingerprint density at radius 2 is 2.15 bits per heavy atom. The molecule has 0 radical (unpaired) electrons. The smallest absolute Gasteiger partial charge is 0.304 e. The molecule has 3 nitrogen and oxygen atoms in total. The maximum atomic E-state index is 11.4. The van der Waals surface area contributed by atoms with Crippen LogP contribution in [0.3, 0.4) is 0 Å². The first kappa shape index (κ1) is 13.2. The Kier molecular flexibility index (Phi) is 3.08. The van der Waals surface area contributed by atoms with E-state index in [0.717, 1.165) is 25.7 Å². The Morgan fingerprint density at radius 3 is 2.85 bits per heavy atom. The number of carbonyl (C=O) groups is 1. The molecule has 106 valence electrons. The van der Waals surface area contributed by atoms with Gasteiger partial charge in [0.25, 0.3) is 0 Å². The van der Waals surface area contributed by atoms with Gasteiger partial charge in [-0.2, -0.15) is 0 Å². The lowest BCUT2D eigenvalue weighted by Crippen LogP contribution is -2.34. The van der Waals surface area contributed by atoms with Crippen LogP contribution in [0.2, 0.25) is 0 Å². The number of hydrogen-bond acceptors (Lipinski definition) is 1. The van der Waals surface area contributed by atoms with Crippen LogP contribution in [0.5, 0.6) is 0 Å². The van der Waals surface area contributed by atoms with Gasteiger partial charge in [-0.1, -0.05) is 25.1 Å². The van der Waals surface area contributed by atoms with E-state index >= 15 is 0 Å². The fourth-order valence-electron chi connectivity index (χ4n) is 4.05. The number of hydrogen-bond donors (Lipinski definition) is 1. The quantitative estimate of drug-likeness (QED) is 0.926. The summed E-state index contributed by atoms with van der Waals surface area (Å²) in [7, 11) is 2.08. The average molecular weight is 271 g/mol. The Hall–Kier alpha value is -1.77. The molecule has 1 aromatic carbocycles.